The quantitative estimate of drug-likeness (QED) is 0.260. The first-order chi connectivity index (χ1) is 22.4. The first kappa shape index (κ1) is 34.3. The molecule has 1 amide bonds. The molecule has 2 aromatic heterocycles. The largest absolute Gasteiger partial charge is 0.490 e. The van der Waals surface area contributed by atoms with E-state index in [1.165, 1.54) is 6.07 Å². The number of rotatable bonds is 10. The standard InChI is InChI=1S/C34H47F2N7O4/c1-21(2)30-40-32(47-41-30)42-13-9-23(10-14-42)22(3)12-16-45-25-18-37-31(38-19-25)43-15-11-26(27-17-24(35)7-8-28(27)36)29(20-43)39-33(44)46-34(4,5)6/h7-8,17-19,21-23,26,29H,9-16,20H2,1-6H3,(H,39,44)/t22?,26-,29+/m1/s1. The number of carbonyl (C=O) groups is 1. The Bertz CT molecular complexity index is 1470. The number of alkyl carbamates (subject to hydrolysis) is 1. The summed E-state index contributed by atoms with van der Waals surface area (Å²) in [6.07, 6.45) is 6.16. The lowest BCUT2D eigenvalue weighted by Crippen LogP contribution is -2.53. The Morgan fingerprint density at radius 2 is 1.77 bits per heavy atom. The Hall–Kier alpha value is -4.03. The van der Waals surface area contributed by atoms with E-state index in [0.29, 0.717) is 55.7 Å². The van der Waals surface area contributed by atoms with Crippen LogP contribution in [0.15, 0.2) is 35.1 Å². The number of halogens is 2. The summed E-state index contributed by atoms with van der Waals surface area (Å²) in [6.45, 7) is 14.8. The Kier molecular flexibility index (Phi) is 10.8. The molecule has 3 aromatic rings. The third-order valence-electron chi connectivity index (χ3n) is 8.97. The van der Waals surface area contributed by atoms with E-state index in [9.17, 15) is 13.6 Å². The number of amides is 1. The van der Waals surface area contributed by atoms with Gasteiger partial charge in [-0.15, -0.1) is 0 Å². The molecule has 1 unspecified atom stereocenters. The van der Waals surface area contributed by atoms with E-state index < -0.39 is 35.3 Å². The summed E-state index contributed by atoms with van der Waals surface area (Å²) in [5.41, 5.74) is -0.484. The van der Waals surface area contributed by atoms with Gasteiger partial charge in [-0.2, -0.15) is 4.98 Å². The molecule has 0 radical (unpaired) electrons. The zero-order chi connectivity index (χ0) is 33.7. The number of hydrogen-bond acceptors (Lipinski definition) is 10. The molecule has 4 heterocycles. The van der Waals surface area contributed by atoms with Crippen LogP contribution in [-0.2, 0) is 4.74 Å². The molecule has 2 saturated heterocycles. The average molecular weight is 656 g/mol. The summed E-state index contributed by atoms with van der Waals surface area (Å²) in [5, 5.41) is 6.97. The van der Waals surface area contributed by atoms with Gasteiger partial charge in [-0.25, -0.2) is 23.5 Å². The fourth-order valence-electron chi connectivity index (χ4n) is 6.30. The smallest absolute Gasteiger partial charge is 0.407 e. The molecular formula is C34H47F2N7O4. The minimum absolute atomic E-state index is 0.224. The van der Waals surface area contributed by atoms with Crippen molar-refractivity contribution in [2.45, 2.75) is 90.7 Å². The molecule has 1 aromatic carbocycles. The molecule has 2 aliphatic heterocycles. The molecule has 0 spiro atoms. The summed E-state index contributed by atoms with van der Waals surface area (Å²) in [5.74, 6) is 1.61. The Morgan fingerprint density at radius 3 is 2.43 bits per heavy atom. The second-order valence-corrected chi connectivity index (χ2v) is 14.0. The molecule has 5 rings (SSSR count). The van der Waals surface area contributed by atoms with Crippen molar-refractivity contribution >= 4 is 18.1 Å². The lowest BCUT2D eigenvalue weighted by Gasteiger charge is -2.39. The van der Waals surface area contributed by atoms with Crippen molar-refractivity contribution in [1.82, 2.24) is 25.4 Å². The zero-order valence-electron chi connectivity index (χ0n) is 28.2. The van der Waals surface area contributed by atoms with Crippen LogP contribution < -0.4 is 19.9 Å². The predicted octanol–water partition coefficient (Wildman–Crippen LogP) is 6.47. The number of aromatic nitrogens is 4. The van der Waals surface area contributed by atoms with E-state index in [1.807, 2.05) is 4.90 Å². The average Bonchev–Trinajstić information content (AvgIpc) is 3.53. The molecule has 13 heteroatoms. The van der Waals surface area contributed by atoms with Crippen LogP contribution in [0.25, 0.3) is 0 Å². The van der Waals surface area contributed by atoms with Crippen LogP contribution in [0.4, 0.5) is 25.5 Å². The van der Waals surface area contributed by atoms with Gasteiger partial charge < -0.3 is 29.1 Å². The number of benzene rings is 1. The number of piperidine rings is 2. The van der Waals surface area contributed by atoms with Crippen LogP contribution in [0.5, 0.6) is 5.75 Å². The number of hydrogen-bond donors (Lipinski definition) is 1. The van der Waals surface area contributed by atoms with Crippen LogP contribution >= 0.6 is 0 Å². The SMILES string of the molecule is CC(C)c1noc(N2CCC(C(C)CCOc3cnc(N4CC[C@H](c5cc(F)ccc5F)[C@@H](NC(=O)OC(C)(C)C)C4)nc3)CC2)n1. The van der Waals surface area contributed by atoms with Crippen LogP contribution in [0, 0.1) is 23.5 Å². The fourth-order valence-corrected chi connectivity index (χ4v) is 6.30. The van der Waals surface area contributed by atoms with Gasteiger partial charge in [0.2, 0.25) is 5.95 Å². The fraction of sp³-hybridized carbons (Fsp3) is 0.618. The van der Waals surface area contributed by atoms with Crippen molar-refractivity contribution in [3.05, 3.63) is 53.6 Å². The maximum atomic E-state index is 14.8. The van der Waals surface area contributed by atoms with Gasteiger partial charge in [0.15, 0.2) is 11.6 Å². The van der Waals surface area contributed by atoms with E-state index in [-0.39, 0.29) is 11.5 Å². The third kappa shape index (κ3) is 9.07. The molecule has 0 bridgehead atoms. The maximum absolute atomic E-state index is 14.8. The predicted molar refractivity (Wildman–Crippen MR) is 174 cm³/mol. The molecular weight excluding hydrogens is 608 g/mol. The van der Waals surface area contributed by atoms with Gasteiger partial charge in [0, 0.05) is 38.0 Å². The monoisotopic (exact) mass is 655 g/mol. The lowest BCUT2D eigenvalue weighted by molar-refractivity contribution is 0.0492. The van der Waals surface area contributed by atoms with E-state index in [2.05, 4.69) is 51.1 Å². The van der Waals surface area contributed by atoms with Gasteiger partial charge in [0.25, 0.3) is 0 Å². The van der Waals surface area contributed by atoms with E-state index >= 15 is 0 Å². The van der Waals surface area contributed by atoms with Gasteiger partial charge in [0.1, 0.15) is 17.2 Å². The van der Waals surface area contributed by atoms with Crippen molar-refractivity contribution < 1.29 is 27.6 Å². The van der Waals surface area contributed by atoms with Crippen molar-refractivity contribution in [3.63, 3.8) is 0 Å². The third-order valence-corrected chi connectivity index (χ3v) is 8.97. The molecule has 256 valence electrons. The number of nitrogens with one attached hydrogen (secondary N) is 1. The first-order valence-corrected chi connectivity index (χ1v) is 16.6. The molecule has 1 N–H and O–H groups in total. The topological polar surface area (TPSA) is 119 Å². The van der Waals surface area contributed by atoms with Gasteiger partial charge in [-0.05, 0) is 82.1 Å². The van der Waals surface area contributed by atoms with Crippen LogP contribution in [0.3, 0.4) is 0 Å². The maximum Gasteiger partial charge on any atom is 0.407 e. The summed E-state index contributed by atoms with van der Waals surface area (Å²) in [4.78, 5) is 30.4. The first-order valence-electron chi connectivity index (χ1n) is 16.6. The number of carbonyl (C=O) groups excluding carboxylic acids is 1. The van der Waals surface area contributed by atoms with Gasteiger partial charge in [-0.3, -0.25) is 0 Å². The lowest BCUT2D eigenvalue weighted by atomic mass is 9.84. The highest BCUT2D eigenvalue weighted by molar-refractivity contribution is 5.68. The second-order valence-electron chi connectivity index (χ2n) is 14.0. The molecule has 47 heavy (non-hydrogen) atoms. The summed E-state index contributed by atoms with van der Waals surface area (Å²) < 4.78 is 45.8. The molecule has 3 atom stereocenters. The van der Waals surface area contributed by atoms with Crippen molar-refractivity contribution in [2.75, 3.05) is 42.6 Å². The van der Waals surface area contributed by atoms with Gasteiger partial charge in [-0.1, -0.05) is 25.9 Å². The number of anilines is 2. The summed E-state index contributed by atoms with van der Waals surface area (Å²) >= 11 is 0. The molecule has 0 saturated carbocycles. The Morgan fingerprint density at radius 1 is 1.06 bits per heavy atom. The molecule has 2 aliphatic rings. The summed E-state index contributed by atoms with van der Waals surface area (Å²) in [7, 11) is 0. The van der Waals surface area contributed by atoms with E-state index in [1.54, 1.807) is 33.2 Å². The highest BCUT2D eigenvalue weighted by Crippen LogP contribution is 2.33. The highest BCUT2D eigenvalue weighted by atomic mass is 19.1. The summed E-state index contributed by atoms with van der Waals surface area (Å²) in [6, 6.07) is 3.46. The van der Waals surface area contributed by atoms with E-state index in [0.717, 1.165) is 50.3 Å². The van der Waals surface area contributed by atoms with Crippen LogP contribution in [-0.4, -0.2) is 70.6 Å². The zero-order valence-corrected chi connectivity index (χ0v) is 28.2. The normalized spacial score (nSPS) is 19.9. The molecule has 2 fully saturated rings. The van der Waals surface area contributed by atoms with Crippen molar-refractivity contribution in [2.24, 2.45) is 11.8 Å². The Balaban J connectivity index is 1.12. The minimum atomic E-state index is -0.708. The second kappa shape index (κ2) is 14.8. The van der Waals surface area contributed by atoms with Crippen LogP contribution in [0.1, 0.15) is 90.4 Å². The Labute approximate surface area is 275 Å². The van der Waals surface area contributed by atoms with Crippen molar-refractivity contribution in [1.29, 1.82) is 0 Å². The van der Waals surface area contributed by atoms with E-state index in [4.69, 9.17) is 14.0 Å². The van der Waals surface area contributed by atoms with Crippen molar-refractivity contribution in [3.8, 4) is 5.75 Å². The van der Waals surface area contributed by atoms with Gasteiger partial charge >= 0.3 is 12.1 Å². The number of nitrogens with zero attached hydrogens (tertiary/aromatic N) is 6. The molecule has 11 nitrogen and oxygen atoms in total. The van der Waals surface area contributed by atoms with Crippen LogP contribution in [0.2, 0.25) is 0 Å². The molecule has 0 aliphatic carbocycles. The number of ether oxygens (including phenoxy) is 2. The van der Waals surface area contributed by atoms with Gasteiger partial charge in [0.05, 0.1) is 25.0 Å². The highest BCUT2D eigenvalue weighted by Gasteiger charge is 2.35. The minimum Gasteiger partial charge on any atom is -0.490 e.